The van der Waals surface area contributed by atoms with Gasteiger partial charge in [0.25, 0.3) is 17.5 Å². The van der Waals surface area contributed by atoms with Gasteiger partial charge >= 0.3 is 0 Å². The van der Waals surface area contributed by atoms with Crippen molar-refractivity contribution in [3.05, 3.63) is 98.0 Å². The monoisotopic (exact) mass is 460 g/mol. The minimum atomic E-state index is -0.559. The van der Waals surface area contributed by atoms with E-state index in [1.165, 1.54) is 24.3 Å². The first kappa shape index (κ1) is 22.9. The van der Waals surface area contributed by atoms with E-state index in [0.717, 1.165) is 23.1 Å². The highest BCUT2D eigenvalue weighted by molar-refractivity contribution is 6.07. The molecule has 174 valence electrons. The molecule has 1 aliphatic carbocycles. The van der Waals surface area contributed by atoms with E-state index in [1.807, 2.05) is 31.2 Å². The fraction of sp³-hybridized carbons (Fsp3) is 0.240. The Morgan fingerprint density at radius 1 is 1.09 bits per heavy atom. The van der Waals surface area contributed by atoms with Crippen molar-refractivity contribution in [2.24, 2.45) is 5.10 Å². The van der Waals surface area contributed by atoms with Crippen LogP contribution in [0.25, 0.3) is 0 Å². The molecule has 9 nitrogen and oxygen atoms in total. The van der Waals surface area contributed by atoms with Crippen LogP contribution in [0.5, 0.6) is 0 Å². The Kier molecular flexibility index (Phi) is 6.53. The van der Waals surface area contributed by atoms with E-state index in [-0.39, 0.29) is 22.9 Å². The number of rotatable bonds is 6. The molecule has 1 heterocycles. The molecule has 0 fully saturated rings. The predicted molar refractivity (Wildman–Crippen MR) is 126 cm³/mol. The molecule has 2 N–H and O–H groups in total. The highest BCUT2D eigenvalue weighted by atomic mass is 16.6. The lowest BCUT2D eigenvalue weighted by molar-refractivity contribution is -0.384. The number of amides is 2. The Morgan fingerprint density at radius 2 is 1.85 bits per heavy atom. The zero-order valence-corrected chi connectivity index (χ0v) is 18.9. The summed E-state index contributed by atoms with van der Waals surface area (Å²) in [6.45, 7) is 4.18. The molecule has 0 aliphatic heterocycles. The Labute approximate surface area is 196 Å². The van der Waals surface area contributed by atoms with Gasteiger partial charge in [0.2, 0.25) is 0 Å². The third kappa shape index (κ3) is 4.88. The Balaban J connectivity index is 1.50. The van der Waals surface area contributed by atoms with Crippen LogP contribution in [0.3, 0.4) is 0 Å². The number of hydrogen-bond acceptors (Lipinski definition) is 6. The minimum absolute atomic E-state index is 0.134. The molecule has 0 bridgehead atoms. The second kappa shape index (κ2) is 9.70. The Bertz CT molecular complexity index is 1290. The average molecular weight is 460 g/mol. The SMILES string of the molecule is Cc1ccc(CNC(=O)c2oc3c(c2C)/C(=N/NC(=O)c2cccc([N+](=O)[O-])c2)CCC3)cc1. The summed E-state index contributed by atoms with van der Waals surface area (Å²) in [4.78, 5) is 35.7. The zero-order chi connectivity index (χ0) is 24.2. The topological polar surface area (TPSA) is 127 Å². The highest BCUT2D eigenvalue weighted by Crippen LogP contribution is 2.30. The number of hydrogen-bond donors (Lipinski definition) is 2. The normalized spacial score (nSPS) is 13.9. The second-order valence-corrected chi connectivity index (χ2v) is 8.18. The minimum Gasteiger partial charge on any atom is -0.455 e. The fourth-order valence-electron chi connectivity index (χ4n) is 3.91. The van der Waals surface area contributed by atoms with Crippen LogP contribution in [0.15, 0.2) is 58.0 Å². The van der Waals surface area contributed by atoms with Crippen molar-refractivity contribution < 1.29 is 18.9 Å². The van der Waals surface area contributed by atoms with Gasteiger partial charge in [-0.1, -0.05) is 35.9 Å². The first-order valence-electron chi connectivity index (χ1n) is 10.9. The van der Waals surface area contributed by atoms with Crippen LogP contribution in [-0.2, 0) is 13.0 Å². The summed E-state index contributed by atoms with van der Waals surface area (Å²) in [5, 5.41) is 18.1. The lowest BCUT2D eigenvalue weighted by atomic mass is 9.93. The molecule has 0 saturated heterocycles. The maximum absolute atomic E-state index is 12.8. The van der Waals surface area contributed by atoms with Crippen LogP contribution in [0, 0.1) is 24.0 Å². The van der Waals surface area contributed by atoms with Gasteiger partial charge < -0.3 is 9.73 Å². The molecule has 0 radical (unpaired) electrons. The quantitative estimate of drug-likeness (QED) is 0.421. The molecule has 0 unspecified atom stereocenters. The number of nitro groups is 1. The Hall–Kier alpha value is -4.27. The first-order valence-corrected chi connectivity index (χ1v) is 10.9. The number of aryl methyl sites for hydroxylation is 2. The van der Waals surface area contributed by atoms with E-state index >= 15 is 0 Å². The number of carbonyl (C=O) groups excluding carboxylic acids is 2. The van der Waals surface area contributed by atoms with Crippen molar-refractivity contribution in [2.45, 2.75) is 39.7 Å². The third-order valence-electron chi connectivity index (χ3n) is 5.72. The summed E-state index contributed by atoms with van der Waals surface area (Å²) in [6, 6.07) is 13.3. The van der Waals surface area contributed by atoms with Gasteiger partial charge in [0, 0.05) is 41.8 Å². The lowest BCUT2D eigenvalue weighted by Crippen LogP contribution is -2.23. The molecule has 9 heteroatoms. The summed E-state index contributed by atoms with van der Waals surface area (Å²) < 4.78 is 5.89. The molecular weight excluding hydrogens is 436 g/mol. The van der Waals surface area contributed by atoms with E-state index in [0.29, 0.717) is 36.4 Å². The standard InChI is InChI=1S/C25H24N4O5/c1-15-9-11-17(12-10-15)14-26-25(31)23-16(2)22-20(7-4-8-21(22)34-23)27-28-24(30)18-5-3-6-19(13-18)29(32)33/h3,5-6,9-13H,4,7-8,14H2,1-2H3,(H,26,31)(H,28,30)/b27-20+. The predicted octanol–water partition coefficient (Wildman–Crippen LogP) is 4.21. The van der Waals surface area contributed by atoms with E-state index in [2.05, 4.69) is 15.8 Å². The van der Waals surface area contributed by atoms with E-state index in [1.54, 1.807) is 6.92 Å². The largest absolute Gasteiger partial charge is 0.455 e. The molecule has 0 spiro atoms. The number of non-ortho nitro benzene ring substituents is 1. The van der Waals surface area contributed by atoms with Crippen molar-refractivity contribution in [3.8, 4) is 0 Å². The van der Waals surface area contributed by atoms with Gasteiger partial charge in [0.1, 0.15) is 5.76 Å². The molecular formula is C25H24N4O5. The van der Waals surface area contributed by atoms with Gasteiger partial charge in [-0.05, 0) is 38.3 Å². The van der Waals surface area contributed by atoms with Crippen LogP contribution < -0.4 is 10.7 Å². The molecule has 0 saturated carbocycles. The van der Waals surface area contributed by atoms with Gasteiger partial charge in [0.15, 0.2) is 5.76 Å². The van der Waals surface area contributed by atoms with Gasteiger partial charge in [-0.15, -0.1) is 0 Å². The van der Waals surface area contributed by atoms with Gasteiger partial charge in [-0.25, -0.2) is 5.43 Å². The summed E-state index contributed by atoms with van der Waals surface area (Å²) in [6.07, 6.45) is 2.03. The molecule has 2 amide bonds. The number of nitro benzene ring substituents is 1. The number of furan rings is 1. The van der Waals surface area contributed by atoms with Crippen LogP contribution in [0.2, 0.25) is 0 Å². The lowest BCUT2D eigenvalue weighted by Gasteiger charge is -2.13. The molecule has 1 aliphatic rings. The molecule has 3 aromatic rings. The average Bonchev–Trinajstić information content (AvgIpc) is 3.19. The van der Waals surface area contributed by atoms with Gasteiger partial charge in [0.05, 0.1) is 10.6 Å². The van der Waals surface area contributed by atoms with Gasteiger partial charge in [-0.3, -0.25) is 19.7 Å². The number of nitrogens with zero attached hydrogens (tertiary/aromatic N) is 2. The molecule has 4 rings (SSSR count). The Morgan fingerprint density at radius 3 is 2.59 bits per heavy atom. The molecule has 0 atom stereocenters. The number of hydrazone groups is 1. The van der Waals surface area contributed by atoms with E-state index < -0.39 is 10.8 Å². The van der Waals surface area contributed by atoms with Crippen molar-refractivity contribution in [1.29, 1.82) is 0 Å². The van der Waals surface area contributed by atoms with Crippen LogP contribution in [0.4, 0.5) is 5.69 Å². The summed E-state index contributed by atoms with van der Waals surface area (Å²) in [7, 11) is 0. The van der Waals surface area contributed by atoms with E-state index in [9.17, 15) is 19.7 Å². The second-order valence-electron chi connectivity index (χ2n) is 8.18. The van der Waals surface area contributed by atoms with Crippen molar-refractivity contribution in [3.63, 3.8) is 0 Å². The number of nitrogens with one attached hydrogen (secondary N) is 2. The first-order chi connectivity index (χ1) is 16.3. The summed E-state index contributed by atoms with van der Waals surface area (Å²) >= 11 is 0. The molecule has 2 aromatic carbocycles. The maximum atomic E-state index is 12.8. The summed E-state index contributed by atoms with van der Waals surface area (Å²) in [5.74, 6) is 0.0253. The van der Waals surface area contributed by atoms with Gasteiger partial charge in [-0.2, -0.15) is 5.10 Å². The number of benzene rings is 2. The fourth-order valence-corrected chi connectivity index (χ4v) is 3.91. The maximum Gasteiger partial charge on any atom is 0.287 e. The van der Waals surface area contributed by atoms with Crippen molar-refractivity contribution in [2.75, 3.05) is 0 Å². The van der Waals surface area contributed by atoms with Crippen LogP contribution in [0.1, 0.15) is 61.8 Å². The van der Waals surface area contributed by atoms with Crippen LogP contribution in [-0.4, -0.2) is 22.4 Å². The summed E-state index contributed by atoms with van der Waals surface area (Å²) in [5.41, 5.74) is 6.57. The highest BCUT2D eigenvalue weighted by Gasteiger charge is 2.28. The smallest absolute Gasteiger partial charge is 0.287 e. The van der Waals surface area contributed by atoms with E-state index in [4.69, 9.17) is 4.42 Å². The number of carbonyl (C=O) groups is 2. The van der Waals surface area contributed by atoms with Crippen molar-refractivity contribution >= 4 is 23.2 Å². The van der Waals surface area contributed by atoms with Crippen molar-refractivity contribution in [1.82, 2.24) is 10.7 Å². The zero-order valence-electron chi connectivity index (χ0n) is 18.9. The van der Waals surface area contributed by atoms with Crippen LogP contribution >= 0.6 is 0 Å². The third-order valence-corrected chi connectivity index (χ3v) is 5.72. The molecule has 34 heavy (non-hydrogen) atoms. The number of fused-ring (bicyclic) bond motifs is 1. The molecule has 1 aromatic heterocycles.